The van der Waals surface area contributed by atoms with Crippen LogP contribution in [0, 0.1) is 13.8 Å². The molecule has 0 bridgehead atoms. The van der Waals surface area contributed by atoms with Crippen LogP contribution < -0.4 is 11.1 Å². The highest BCUT2D eigenvalue weighted by Crippen LogP contribution is 2.43. The molecule has 3 aromatic heterocycles. The summed E-state index contributed by atoms with van der Waals surface area (Å²) in [6, 6.07) is 5.74. The average molecular weight is 511 g/mol. The molecule has 0 aromatic carbocycles. The molecule has 196 valence electrons. The Morgan fingerprint density at radius 2 is 1.78 bits per heavy atom. The van der Waals surface area contributed by atoms with Crippen LogP contribution in [0.25, 0.3) is 5.65 Å². The zero-order chi connectivity index (χ0) is 25.9. The Morgan fingerprint density at radius 1 is 1.03 bits per heavy atom. The number of nitrogens with zero attached hydrogens (tertiary/aromatic N) is 4. The third kappa shape index (κ3) is 4.62. The van der Waals surface area contributed by atoms with E-state index in [4.69, 9.17) is 14.8 Å². The van der Waals surface area contributed by atoms with Crippen molar-refractivity contribution in [2.45, 2.75) is 95.1 Å². The van der Waals surface area contributed by atoms with E-state index in [2.05, 4.69) is 0 Å². The quantitative estimate of drug-likeness (QED) is 0.486. The molecule has 0 N–H and O–H groups in total. The number of aromatic nitrogens is 4. The van der Waals surface area contributed by atoms with Gasteiger partial charge in [0.05, 0.1) is 11.8 Å². The second-order valence-corrected chi connectivity index (χ2v) is 11.0. The monoisotopic (exact) mass is 510 g/mol. The predicted octanol–water partition coefficient (Wildman–Crippen LogP) is 5.13. The molecule has 37 heavy (non-hydrogen) atoms. The van der Waals surface area contributed by atoms with E-state index in [9.17, 15) is 18.4 Å². The van der Waals surface area contributed by atoms with Crippen LogP contribution in [0.5, 0.6) is 0 Å². The summed E-state index contributed by atoms with van der Waals surface area (Å²) in [5, 5.41) is 4.77. The number of rotatable bonds is 4. The van der Waals surface area contributed by atoms with Crippen LogP contribution >= 0.6 is 0 Å². The summed E-state index contributed by atoms with van der Waals surface area (Å²) in [5.41, 5.74) is 4.03. The van der Waals surface area contributed by atoms with Gasteiger partial charge < -0.3 is 9.30 Å². The first-order valence-corrected chi connectivity index (χ1v) is 13.3. The summed E-state index contributed by atoms with van der Waals surface area (Å²) < 4.78 is 37.2. The van der Waals surface area contributed by atoms with Crippen molar-refractivity contribution in [2.75, 3.05) is 6.61 Å². The number of ether oxygens (including phenoxy) is 1. The zero-order valence-corrected chi connectivity index (χ0v) is 21.3. The van der Waals surface area contributed by atoms with Crippen LogP contribution in [0.4, 0.5) is 8.78 Å². The normalized spacial score (nSPS) is 24.4. The lowest BCUT2D eigenvalue weighted by molar-refractivity contribution is -0.0382. The lowest BCUT2D eigenvalue weighted by atomic mass is 9.81. The summed E-state index contributed by atoms with van der Waals surface area (Å²) in [6.07, 6.45) is 5.58. The Bertz CT molecular complexity index is 1470. The molecule has 0 radical (unpaired) electrons. The topological polar surface area (TPSA) is 78.5 Å². The Balaban J connectivity index is 1.38. The lowest BCUT2D eigenvalue weighted by Gasteiger charge is -2.32. The van der Waals surface area contributed by atoms with Gasteiger partial charge >= 0.3 is 0 Å². The Labute approximate surface area is 213 Å². The number of aryl methyl sites for hydroxylation is 1. The van der Waals surface area contributed by atoms with Crippen LogP contribution in [-0.2, 0) is 4.74 Å². The Morgan fingerprint density at radius 3 is 2.51 bits per heavy atom. The van der Waals surface area contributed by atoms with Crippen LogP contribution in [-0.4, -0.2) is 31.7 Å². The maximum Gasteiger partial charge on any atom is 0.277 e. The van der Waals surface area contributed by atoms with Crippen molar-refractivity contribution in [1.29, 1.82) is 0 Å². The number of pyridine rings is 1. The van der Waals surface area contributed by atoms with E-state index in [-0.39, 0.29) is 47.9 Å². The van der Waals surface area contributed by atoms with Gasteiger partial charge in [-0.25, -0.2) is 13.8 Å². The molecule has 1 aliphatic heterocycles. The summed E-state index contributed by atoms with van der Waals surface area (Å²) in [4.78, 5) is 30.2. The van der Waals surface area contributed by atoms with E-state index in [1.165, 1.54) is 4.52 Å². The van der Waals surface area contributed by atoms with Gasteiger partial charge in [0.25, 0.3) is 11.1 Å². The van der Waals surface area contributed by atoms with E-state index in [1.54, 1.807) is 19.9 Å². The summed E-state index contributed by atoms with van der Waals surface area (Å²) >= 11 is 0. The summed E-state index contributed by atoms with van der Waals surface area (Å²) in [7, 11) is 0. The van der Waals surface area contributed by atoms with Crippen molar-refractivity contribution in [3.8, 4) is 0 Å². The number of hydrogen-bond donors (Lipinski definition) is 0. The number of fused-ring (bicyclic) bond motifs is 1. The fraction of sp³-hybridized carbons (Fsp3) is 0.571. The van der Waals surface area contributed by atoms with Crippen LogP contribution in [0.2, 0.25) is 0 Å². The smallest absolute Gasteiger partial charge is 0.277 e. The zero-order valence-electron chi connectivity index (χ0n) is 21.3. The maximum atomic E-state index is 14.0. The van der Waals surface area contributed by atoms with Crippen LogP contribution in [0.1, 0.15) is 103 Å². The van der Waals surface area contributed by atoms with Gasteiger partial charge in [0.1, 0.15) is 0 Å². The van der Waals surface area contributed by atoms with Crippen molar-refractivity contribution in [1.82, 2.24) is 19.2 Å². The number of halogens is 2. The molecule has 2 atom stereocenters. The molecular formula is C28H32F2N4O3. The molecular weight excluding hydrogens is 478 g/mol. The molecule has 0 spiro atoms. The molecule has 3 fully saturated rings. The van der Waals surface area contributed by atoms with Gasteiger partial charge in [0.15, 0.2) is 5.65 Å². The first-order chi connectivity index (χ1) is 17.7. The second-order valence-electron chi connectivity index (χ2n) is 11.0. The van der Waals surface area contributed by atoms with Crippen LogP contribution in [0.3, 0.4) is 0 Å². The van der Waals surface area contributed by atoms with Gasteiger partial charge in [-0.15, -0.1) is 0 Å². The third-order valence-electron chi connectivity index (χ3n) is 8.44. The highest BCUT2D eigenvalue weighted by atomic mass is 19.3. The maximum absolute atomic E-state index is 14.0. The molecule has 7 nitrogen and oxygen atoms in total. The van der Waals surface area contributed by atoms with E-state index < -0.39 is 5.92 Å². The highest BCUT2D eigenvalue weighted by molar-refractivity contribution is 5.51. The van der Waals surface area contributed by atoms with E-state index in [1.807, 2.05) is 22.9 Å². The fourth-order valence-corrected chi connectivity index (χ4v) is 5.85. The number of hydrogen-bond acceptors (Lipinski definition) is 5. The van der Waals surface area contributed by atoms with Crippen molar-refractivity contribution < 1.29 is 13.5 Å². The largest absolute Gasteiger partial charge is 0.373 e. The minimum atomic E-state index is -2.64. The van der Waals surface area contributed by atoms with Gasteiger partial charge in [-0.2, -0.15) is 9.61 Å². The van der Waals surface area contributed by atoms with Crippen molar-refractivity contribution in [3.63, 3.8) is 0 Å². The molecule has 0 unspecified atom stereocenters. The first kappa shape index (κ1) is 24.4. The minimum Gasteiger partial charge on any atom is -0.373 e. The molecule has 9 heteroatoms. The minimum absolute atomic E-state index is 0.00930. The van der Waals surface area contributed by atoms with Crippen molar-refractivity contribution in [3.05, 3.63) is 73.2 Å². The fourth-order valence-electron chi connectivity index (χ4n) is 5.85. The van der Waals surface area contributed by atoms with Gasteiger partial charge in [-0.3, -0.25) is 9.59 Å². The number of alkyl halides is 2. The molecule has 6 rings (SSSR count). The van der Waals surface area contributed by atoms with Gasteiger partial charge in [-0.05, 0) is 76.0 Å². The molecule has 4 heterocycles. The second kappa shape index (κ2) is 9.11. The summed E-state index contributed by atoms with van der Waals surface area (Å²) in [6.45, 7) is 4.07. The van der Waals surface area contributed by atoms with E-state index in [0.717, 1.165) is 36.1 Å². The molecule has 1 saturated heterocycles. The molecule has 3 aliphatic rings. The molecule has 0 amide bonds. The Kier molecular flexibility index (Phi) is 6.01. The van der Waals surface area contributed by atoms with Crippen LogP contribution in [0.15, 0.2) is 34.0 Å². The average Bonchev–Trinajstić information content (AvgIpc) is 3.73. The first-order valence-electron chi connectivity index (χ1n) is 13.3. The van der Waals surface area contributed by atoms with Crippen molar-refractivity contribution >= 4 is 5.65 Å². The lowest BCUT2D eigenvalue weighted by Crippen LogP contribution is -2.28. The third-order valence-corrected chi connectivity index (χ3v) is 8.44. The van der Waals surface area contributed by atoms with Gasteiger partial charge in [0.2, 0.25) is 5.92 Å². The van der Waals surface area contributed by atoms with Gasteiger partial charge in [0, 0.05) is 60.5 Å². The summed E-state index contributed by atoms with van der Waals surface area (Å²) in [5.74, 6) is -2.70. The SMILES string of the molecule is Cc1nc2c(C3CCC(F)(F)CC3)cc([C@@H]3CCO[C@H](c4ccc(=O)n(C5CC5)c4)C3)nn2c(=O)c1C. The Hall–Kier alpha value is -2.94. The molecule has 2 saturated carbocycles. The van der Waals surface area contributed by atoms with Gasteiger partial charge in [-0.1, -0.05) is 0 Å². The standard InChI is InChI=1S/C28H32F2N4O3/c1-16-17(2)31-26-22(18-7-10-28(29,30)11-8-18)14-23(32-34(26)27(16)36)19-9-12-37-24(13-19)20-3-6-25(35)33(15-20)21-4-5-21/h3,6,14-15,18-19,21,24H,4-5,7-13H2,1-2H3/t19-,24+/m1/s1. The van der Waals surface area contributed by atoms with E-state index >= 15 is 0 Å². The molecule has 2 aliphatic carbocycles. The van der Waals surface area contributed by atoms with E-state index in [0.29, 0.717) is 42.8 Å². The molecule has 3 aromatic rings. The van der Waals surface area contributed by atoms with Crippen molar-refractivity contribution in [2.24, 2.45) is 0 Å². The highest BCUT2D eigenvalue weighted by Gasteiger charge is 2.37. The predicted molar refractivity (Wildman–Crippen MR) is 135 cm³/mol.